The van der Waals surface area contributed by atoms with E-state index < -0.39 is 0 Å². The summed E-state index contributed by atoms with van der Waals surface area (Å²) in [5.41, 5.74) is 11.0. The van der Waals surface area contributed by atoms with Gasteiger partial charge in [-0.15, -0.1) is 0 Å². The fraction of sp³-hybridized carbons (Fsp3) is 0. The molecule has 2 heterocycles. The zero-order valence-electron chi connectivity index (χ0n) is 35.2. The lowest BCUT2D eigenvalue weighted by Gasteiger charge is -2.22. The zero-order chi connectivity index (χ0) is 42.6. The van der Waals surface area contributed by atoms with Gasteiger partial charge in [-0.1, -0.05) is 188 Å². The molecule has 0 unspecified atom stereocenters. The largest absolute Gasteiger partial charge is 0.456 e. The molecule has 12 aromatic carbocycles. The molecule has 14 aromatic rings. The quantitative estimate of drug-likeness (QED) is 0.131. The first-order chi connectivity index (χ1) is 32.3. The SMILES string of the molecule is c1ccc(-c2ccc(-c3c4ccccc4c(-c4c5ccccc5c(-c5ccc6oc7cc8c9ccccc9c9ccccc9c8cc7c6c5)c5ccccc45)c4ccccc34)nc2)cc1. The van der Waals surface area contributed by atoms with Crippen LogP contribution in [0.4, 0.5) is 0 Å². The van der Waals surface area contributed by atoms with E-state index in [4.69, 9.17) is 9.40 Å². The highest BCUT2D eigenvalue weighted by molar-refractivity contribution is 6.31. The molecular formula is C63H37NO. The normalized spacial score (nSPS) is 12.0. The van der Waals surface area contributed by atoms with Gasteiger partial charge in [0.1, 0.15) is 11.2 Å². The molecule has 0 fully saturated rings. The van der Waals surface area contributed by atoms with E-state index in [0.717, 1.165) is 49.9 Å². The Morgan fingerprint density at radius 3 is 1.12 bits per heavy atom. The third-order valence-corrected chi connectivity index (χ3v) is 13.9. The fourth-order valence-electron chi connectivity index (χ4n) is 11.1. The van der Waals surface area contributed by atoms with Crippen molar-refractivity contribution in [2.45, 2.75) is 0 Å². The average molecular weight is 824 g/mol. The van der Waals surface area contributed by atoms with Crippen molar-refractivity contribution in [1.82, 2.24) is 4.98 Å². The highest BCUT2D eigenvalue weighted by Gasteiger charge is 2.23. The molecule has 0 amide bonds. The van der Waals surface area contributed by atoms with Crippen LogP contribution < -0.4 is 0 Å². The number of fused-ring (bicyclic) bond motifs is 13. The molecule has 0 saturated carbocycles. The predicted molar refractivity (Wildman–Crippen MR) is 276 cm³/mol. The molecule has 0 atom stereocenters. The van der Waals surface area contributed by atoms with Gasteiger partial charge >= 0.3 is 0 Å². The maximum absolute atomic E-state index is 6.71. The molecule has 2 nitrogen and oxygen atoms in total. The number of pyridine rings is 1. The Hall–Kier alpha value is -8.59. The van der Waals surface area contributed by atoms with Crippen LogP contribution in [-0.2, 0) is 0 Å². The van der Waals surface area contributed by atoms with Crippen molar-refractivity contribution in [3.8, 4) is 44.6 Å². The Kier molecular flexibility index (Phi) is 7.72. The van der Waals surface area contributed by atoms with E-state index in [1.165, 1.54) is 92.1 Å². The molecule has 0 radical (unpaired) electrons. The lowest BCUT2D eigenvalue weighted by Crippen LogP contribution is -1.95. The van der Waals surface area contributed by atoms with Crippen molar-refractivity contribution in [2.24, 2.45) is 0 Å². The first-order valence-electron chi connectivity index (χ1n) is 22.4. The third-order valence-electron chi connectivity index (χ3n) is 13.9. The monoisotopic (exact) mass is 823 g/mol. The number of nitrogens with zero attached hydrogens (tertiary/aromatic N) is 1. The van der Waals surface area contributed by atoms with Crippen LogP contribution in [0.3, 0.4) is 0 Å². The van der Waals surface area contributed by atoms with Gasteiger partial charge in [-0.3, -0.25) is 4.98 Å². The number of benzene rings is 12. The Labute approximate surface area is 374 Å². The van der Waals surface area contributed by atoms with E-state index in [0.29, 0.717) is 0 Å². The summed E-state index contributed by atoms with van der Waals surface area (Å²) in [5.74, 6) is 0. The summed E-state index contributed by atoms with van der Waals surface area (Å²) in [4.78, 5) is 5.14. The first kappa shape index (κ1) is 35.9. The number of rotatable bonds is 4. The van der Waals surface area contributed by atoms with Crippen molar-refractivity contribution in [3.63, 3.8) is 0 Å². The molecular weight excluding hydrogens is 787 g/mol. The summed E-state index contributed by atoms with van der Waals surface area (Å²) in [7, 11) is 0. The van der Waals surface area contributed by atoms with Gasteiger partial charge < -0.3 is 4.42 Å². The van der Waals surface area contributed by atoms with E-state index in [-0.39, 0.29) is 0 Å². The van der Waals surface area contributed by atoms with Gasteiger partial charge in [0.05, 0.1) is 5.69 Å². The van der Waals surface area contributed by atoms with E-state index in [9.17, 15) is 0 Å². The highest BCUT2D eigenvalue weighted by atomic mass is 16.3. The minimum Gasteiger partial charge on any atom is -0.456 e. The Bertz CT molecular complexity index is 4160. The van der Waals surface area contributed by atoms with Gasteiger partial charge in [-0.2, -0.15) is 0 Å². The van der Waals surface area contributed by atoms with Crippen LogP contribution in [0.5, 0.6) is 0 Å². The van der Waals surface area contributed by atoms with E-state index in [2.05, 4.69) is 218 Å². The molecule has 0 spiro atoms. The fourth-order valence-corrected chi connectivity index (χ4v) is 11.1. The molecule has 0 aliphatic heterocycles. The summed E-state index contributed by atoms with van der Waals surface area (Å²) in [6, 6.07) is 79.6. The van der Waals surface area contributed by atoms with Crippen molar-refractivity contribution in [3.05, 3.63) is 225 Å². The van der Waals surface area contributed by atoms with Crippen LogP contribution in [0.25, 0.3) is 142 Å². The van der Waals surface area contributed by atoms with Crippen LogP contribution in [0.2, 0.25) is 0 Å². The van der Waals surface area contributed by atoms with Gasteiger partial charge in [0.2, 0.25) is 0 Å². The maximum Gasteiger partial charge on any atom is 0.136 e. The summed E-state index contributed by atoms with van der Waals surface area (Å²) >= 11 is 0. The maximum atomic E-state index is 6.71. The summed E-state index contributed by atoms with van der Waals surface area (Å²) in [6.07, 6.45) is 2.01. The highest BCUT2D eigenvalue weighted by Crippen LogP contribution is 2.50. The standard InChI is InChI=1S/C63H37NO/c1-2-16-38(17-3-1)40-30-32-57(64-37-40)61-47-24-10-14-28-51(47)63(52-29-15-11-25-48(52)61)62-49-26-12-8-22-45(49)60(46-23-9-13-27-50(46)62)39-31-33-58-55(34-39)56-35-53-43-20-6-4-18-41(43)42-19-5-7-21-44(42)54(53)36-59(56)65-58/h1-37H. The minimum absolute atomic E-state index is 0.889. The van der Waals surface area contributed by atoms with Crippen molar-refractivity contribution in [2.75, 3.05) is 0 Å². The third kappa shape index (κ3) is 5.32. The van der Waals surface area contributed by atoms with E-state index in [1.54, 1.807) is 0 Å². The predicted octanol–water partition coefficient (Wildman–Crippen LogP) is 17.7. The van der Waals surface area contributed by atoms with Crippen LogP contribution >= 0.6 is 0 Å². The van der Waals surface area contributed by atoms with E-state index >= 15 is 0 Å². The molecule has 0 aliphatic carbocycles. The second kappa shape index (κ2) is 14.0. The van der Waals surface area contributed by atoms with Gasteiger partial charge in [-0.25, -0.2) is 0 Å². The average Bonchev–Trinajstić information content (AvgIpc) is 3.74. The van der Waals surface area contributed by atoms with Crippen LogP contribution in [0, 0.1) is 0 Å². The molecule has 2 aromatic heterocycles. The molecule has 0 bridgehead atoms. The van der Waals surface area contributed by atoms with Crippen molar-refractivity contribution < 1.29 is 4.42 Å². The topological polar surface area (TPSA) is 26.0 Å². The molecule has 0 N–H and O–H groups in total. The smallest absolute Gasteiger partial charge is 0.136 e. The van der Waals surface area contributed by atoms with Crippen LogP contribution in [0.1, 0.15) is 0 Å². The lowest BCUT2D eigenvalue weighted by atomic mass is 9.81. The summed E-state index contributed by atoms with van der Waals surface area (Å²) in [6.45, 7) is 0. The summed E-state index contributed by atoms with van der Waals surface area (Å²) in [5, 5.41) is 19.4. The molecule has 65 heavy (non-hydrogen) atoms. The van der Waals surface area contributed by atoms with Crippen LogP contribution in [0.15, 0.2) is 229 Å². The Morgan fingerprint density at radius 2 is 0.631 bits per heavy atom. The zero-order valence-corrected chi connectivity index (χ0v) is 35.2. The molecule has 2 heteroatoms. The van der Waals surface area contributed by atoms with Gasteiger partial charge in [0.15, 0.2) is 0 Å². The number of furan rings is 1. The Morgan fingerprint density at radius 1 is 0.231 bits per heavy atom. The molecule has 300 valence electrons. The van der Waals surface area contributed by atoms with Gasteiger partial charge in [-0.05, 0) is 134 Å². The van der Waals surface area contributed by atoms with Crippen molar-refractivity contribution >= 4 is 97.3 Å². The van der Waals surface area contributed by atoms with E-state index in [1.807, 2.05) is 6.20 Å². The molecule has 0 aliphatic rings. The first-order valence-corrected chi connectivity index (χ1v) is 22.4. The van der Waals surface area contributed by atoms with Crippen LogP contribution in [-0.4, -0.2) is 4.98 Å². The number of aromatic nitrogens is 1. The second-order valence-corrected chi connectivity index (χ2v) is 17.3. The molecule has 14 rings (SSSR count). The second-order valence-electron chi connectivity index (χ2n) is 17.3. The van der Waals surface area contributed by atoms with Crippen molar-refractivity contribution in [1.29, 1.82) is 0 Å². The molecule has 0 saturated heterocycles. The van der Waals surface area contributed by atoms with Gasteiger partial charge in [0, 0.05) is 28.1 Å². The minimum atomic E-state index is 0.889. The lowest BCUT2D eigenvalue weighted by molar-refractivity contribution is 0.669. The van der Waals surface area contributed by atoms with Gasteiger partial charge in [0.25, 0.3) is 0 Å². The number of hydrogen-bond donors (Lipinski definition) is 0. The Balaban J connectivity index is 1.02. The summed E-state index contributed by atoms with van der Waals surface area (Å²) < 4.78 is 6.71. The number of hydrogen-bond acceptors (Lipinski definition) is 2.